The molecule has 6 aliphatic rings. The summed E-state index contributed by atoms with van der Waals surface area (Å²) in [6, 6.07) is 20.4. The van der Waals surface area contributed by atoms with Crippen molar-refractivity contribution in [3.8, 4) is 11.5 Å². The van der Waals surface area contributed by atoms with E-state index >= 15 is 0 Å². The van der Waals surface area contributed by atoms with Crippen molar-refractivity contribution in [1.82, 2.24) is 35.6 Å². The molecule has 0 bridgehead atoms. The second-order valence-electron chi connectivity index (χ2n) is 16.0. The van der Waals surface area contributed by atoms with Crippen LogP contribution in [0.5, 0.6) is 11.5 Å². The highest BCUT2D eigenvalue weighted by Crippen LogP contribution is 2.33. The van der Waals surface area contributed by atoms with Crippen LogP contribution in [0.15, 0.2) is 72.9 Å². The zero-order valence-electron chi connectivity index (χ0n) is 32.9. The van der Waals surface area contributed by atoms with Crippen LogP contribution in [0.25, 0.3) is 10.9 Å². The van der Waals surface area contributed by atoms with Crippen LogP contribution in [0.1, 0.15) is 75.9 Å². The van der Waals surface area contributed by atoms with Crippen LogP contribution in [-0.4, -0.2) is 106 Å². The van der Waals surface area contributed by atoms with Crippen molar-refractivity contribution in [3.63, 3.8) is 0 Å². The number of halogens is 1. The van der Waals surface area contributed by atoms with Gasteiger partial charge in [-0.3, -0.25) is 49.3 Å². The van der Waals surface area contributed by atoms with E-state index in [4.69, 9.17) is 9.47 Å². The number of hydrogen-bond donors (Lipinski definition) is 3. The van der Waals surface area contributed by atoms with E-state index in [0.29, 0.717) is 48.6 Å². The van der Waals surface area contributed by atoms with Gasteiger partial charge in [-0.05, 0) is 91.4 Å². The summed E-state index contributed by atoms with van der Waals surface area (Å²) in [5.74, 6) is -0.343. The van der Waals surface area contributed by atoms with Gasteiger partial charge in [0.05, 0.1) is 5.52 Å². The number of benzene rings is 3. The first kappa shape index (κ1) is 40.9. The van der Waals surface area contributed by atoms with Crippen molar-refractivity contribution in [2.45, 2.75) is 82.5 Å². The highest BCUT2D eigenvalue weighted by molar-refractivity contribution is 6.06. The first-order valence-corrected chi connectivity index (χ1v) is 20.3. The quantitative estimate of drug-likeness (QED) is 0.222. The molecule has 0 radical (unpaired) electrons. The number of nitrogens with zero attached hydrogens (tertiary/aromatic N) is 4. The first-order chi connectivity index (χ1) is 28.6. The molecular formula is C44H46ClN7O8. The fraction of sp³-hybridized carbons (Fsp3) is 0.386. The van der Waals surface area contributed by atoms with E-state index in [1.807, 2.05) is 36.5 Å². The van der Waals surface area contributed by atoms with Gasteiger partial charge in [0, 0.05) is 74.8 Å². The van der Waals surface area contributed by atoms with Crippen LogP contribution in [0.4, 0.5) is 0 Å². The molecule has 16 heteroatoms. The van der Waals surface area contributed by atoms with E-state index in [1.54, 1.807) is 21.9 Å². The molecule has 312 valence electrons. The van der Waals surface area contributed by atoms with Crippen LogP contribution in [0.3, 0.4) is 0 Å². The molecule has 4 aromatic rings. The fourth-order valence-corrected chi connectivity index (χ4v) is 8.85. The number of carbonyl (C=O) groups excluding carboxylic acids is 6. The Bertz CT molecular complexity index is 2370. The molecule has 6 amide bonds. The molecule has 0 aliphatic carbocycles. The molecule has 6 aliphatic heterocycles. The number of imide groups is 2. The SMILES string of the molecule is Cl.O=C1CCC(N2Cc3ccc(O[C@H]4CCN(Cc5ccc6ncccc6c5)C4)cc3C2=O)C(=O)N1.O=C1CCC(N2Cc3ccc(O[C@H]4CCNC4)cc3C2=O)C(=O)N1. The third-order valence-electron chi connectivity index (χ3n) is 11.9. The number of rotatable bonds is 8. The number of ether oxygens (including phenoxy) is 2. The van der Waals surface area contributed by atoms with Crippen LogP contribution >= 0.6 is 12.4 Å². The highest BCUT2D eigenvalue weighted by atomic mass is 35.5. The van der Waals surface area contributed by atoms with Gasteiger partial charge in [0.1, 0.15) is 35.8 Å². The normalized spacial score (nSPS) is 23.7. The van der Waals surface area contributed by atoms with Gasteiger partial charge in [-0.2, -0.15) is 0 Å². The van der Waals surface area contributed by atoms with Gasteiger partial charge in [0.25, 0.3) is 11.8 Å². The minimum atomic E-state index is -0.605. The summed E-state index contributed by atoms with van der Waals surface area (Å²) in [4.78, 5) is 82.7. The van der Waals surface area contributed by atoms with Crippen LogP contribution in [0, 0.1) is 0 Å². The van der Waals surface area contributed by atoms with Crippen LogP contribution in [0.2, 0.25) is 0 Å². The van der Waals surface area contributed by atoms with Gasteiger partial charge in [0.15, 0.2) is 0 Å². The Morgan fingerprint density at radius 2 is 1.30 bits per heavy atom. The molecule has 60 heavy (non-hydrogen) atoms. The molecule has 4 atom stereocenters. The van der Waals surface area contributed by atoms with Crippen LogP contribution in [-0.2, 0) is 38.8 Å². The van der Waals surface area contributed by atoms with E-state index in [1.165, 1.54) is 5.56 Å². The number of piperidine rings is 2. The van der Waals surface area contributed by atoms with E-state index < -0.39 is 18.0 Å². The molecule has 0 spiro atoms. The Labute approximate surface area is 352 Å². The summed E-state index contributed by atoms with van der Waals surface area (Å²) in [5, 5.41) is 9.03. The molecule has 7 heterocycles. The smallest absolute Gasteiger partial charge is 0.255 e. The van der Waals surface area contributed by atoms with Gasteiger partial charge < -0.3 is 24.6 Å². The van der Waals surface area contributed by atoms with Crippen molar-refractivity contribution in [1.29, 1.82) is 0 Å². The molecule has 3 N–H and O–H groups in total. The summed E-state index contributed by atoms with van der Waals surface area (Å²) in [6.45, 7) is 5.14. The maximum absolute atomic E-state index is 13.1. The topological polar surface area (TPSA) is 180 Å². The van der Waals surface area contributed by atoms with Crippen molar-refractivity contribution in [2.24, 2.45) is 0 Å². The van der Waals surface area contributed by atoms with Gasteiger partial charge >= 0.3 is 0 Å². The lowest BCUT2D eigenvalue weighted by Gasteiger charge is -2.29. The number of aromatic nitrogens is 1. The number of fused-ring (bicyclic) bond motifs is 3. The number of amides is 6. The Morgan fingerprint density at radius 1 is 0.683 bits per heavy atom. The summed E-state index contributed by atoms with van der Waals surface area (Å²) in [7, 11) is 0. The minimum Gasteiger partial charge on any atom is -0.489 e. The van der Waals surface area contributed by atoms with Crippen molar-refractivity contribution >= 4 is 58.8 Å². The molecule has 10 rings (SSSR count). The number of likely N-dealkylation sites (tertiary alicyclic amines) is 1. The lowest BCUT2D eigenvalue weighted by Crippen LogP contribution is -2.52. The predicted octanol–water partition coefficient (Wildman–Crippen LogP) is 3.26. The Hall–Kier alpha value is -5.90. The van der Waals surface area contributed by atoms with E-state index in [0.717, 1.165) is 67.6 Å². The maximum atomic E-state index is 13.1. The lowest BCUT2D eigenvalue weighted by atomic mass is 10.0. The van der Waals surface area contributed by atoms with Crippen molar-refractivity contribution < 1.29 is 38.2 Å². The highest BCUT2D eigenvalue weighted by Gasteiger charge is 2.41. The first-order valence-electron chi connectivity index (χ1n) is 20.3. The number of hydrogen-bond acceptors (Lipinski definition) is 11. The van der Waals surface area contributed by atoms with Crippen LogP contribution < -0.4 is 25.4 Å². The summed E-state index contributed by atoms with van der Waals surface area (Å²) in [5.41, 5.74) is 5.19. The molecule has 0 saturated carbocycles. The average Bonchev–Trinajstić information content (AvgIpc) is 4.04. The van der Waals surface area contributed by atoms with Gasteiger partial charge in [0.2, 0.25) is 23.6 Å². The molecule has 15 nitrogen and oxygen atoms in total. The molecule has 4 saturated heterocycles. The summed E-state index contributed by atoms with van der Waals surface area (Å²) < 4.78 is 12.2. The number of nitrogens with one attached hydrogen (secondary N) is 3. The standard InChI is InChI=1S/C27H26N4O4.C17H19N3O4.ClH/c32-25-8-7-24(26(33)29-25)31-15-19-4-5-20(13-22(19)27(31)34)35-21-9-11-30(16-21)14-17-3-6-23-18(12-17)2-1-10-28-23;21-15-4-3-14(16(22)19-15)20-9-10-1-2-11(7-13(10)17(20)23)24-12-5-6-18-8-12;/h1-6,10,12-13,21,24H,7-9,11,14-16H2,(H,29,32,33);1-2,7,12,14,18H,3-6,8-9H2,(H,19,21,22);1H/t21-,24?;12-,14?;/m00./s1. The largest absolute Gasteiger partial charge is 0.489 e. The zero-order valence-corrected chi connectivity index (χ0v) is 33.7. The molecule has 4 fully saturated rings. The van der Waals surface area contributed by atoms with Crippen molar-refractivity contribution in [2.75, 3.05) is 26.2 Å². The Morgan fingerprint density at radius 3 is 1.88 bits per heavy atom. The van der Waals surface area contributed by atoms with Gasteiger partial charge in [-0.1, -0.05) is 24.3 Å². The molecule has 1 aromatic heterocycles. The summed E-state index contributed by atoms with van der Waals surface area (Å²) >= 11 is 0. The molecule has 3 aromatic carbocycles. The van der Waals surface area contributed by atoms with Gasteiger partial charge in [-0.15, -0.1) is 12.4 Å². The minimum absolute atomic E-state index is 0. The van der Waals surface area contributed by atoms with Crippen molar-refractivity contribution in [3.05, 3.63) is 101 Å². The van der Waals surface area contributed by atoms with E-state index in [2.05, 4.69) is 50.1 Å². The third-order valence-corrected chi connectivity index (χ3v) is 11.9. The number of carbonyl (C=O) groups is 6. The Balaban J connectivity index is 0.000000175. The monoisotopic (exact) mass is 835 g/mol. The third kappa shape index (κ3) is 8.56. The lowest BCUT2D eigenvalue weighted by molar-refractivity contribution is -0.138. The Kier molecular flexibility index (Phi) is 11.8. The predicted molar refractivity (Wildman–Crippen MR) is 220 cm³/mol. The van der Waals surface area contributed by atoms with E-state index in [9.17, 15) is 28.8 Å². The zero-order chi connectivity index (χ0) is 40.6. The summed E-state index contributed by atoms with van der Waals surface area (Å²) in [6.07, 6.45) is 5.11. The number of pyridine rings is 1. The molecule has 2 unspecified atom stereocenters. The second kappa shape index (κ2) is 17.4. The second-order valence-corrected chi connectivity index (χ2v) is 16.0. The fourth-order valence-electron chi connectivity index (χ4n) is 8.85. The molecular weight excluding hydrogens is 790 g/mol. The van der Waals surface area contributed by atoms with E-state index in [-0.39, 0.29) is 67.0 Å². The van der Waals surface area contributed by atoms with Gasteiger partial charge in [-0.25, -0.2) is 0 Å². The maximum Gasteiger partial charge on any atom is 0.255 e. The average molecular weight is 836 g/mol.